The molecular formula is C17H20N2O3. The predicted octanol–water partition coefficient (Wildman–Crippen LogP) is 2.66. The number of hydrogen-bond donors (Lipinski definition) is 1. The SMILES string of the molecule is CC(C)Oc1ccc(NC(=O)CCn2ccccc2=O)cc1. The Morgan fingerprint density at radius 3 is 2.55 bits per heavy atom. The summed E-state index contributed by atoms with van der Waals surface area (Å²) >= 11 is 0. The van der Waals surface area contributed by atoms with Gasteiger partial charge in [-0.05, 0) is 44.2 Å². The molecule has 2 rings (SSSR count). The quantitative estimate of drug-likeness (QED) is 0.892. The smallest absolute Gasteiger partial charge is 0.250 e. The summed E-state index contributed by atoms with van der Waals surface area (Å²) in [5.41, 5.74) is 0.604. The number of pyridine rings is 1. The molecule has 0 atom stereocenters. The van der Waals surface area contributed by atoms with Crippen molar-refractivity contribution < 1.29 is 9.53 Å². The molecule has 1 aromatic carbocycles. The van der Waals surface area contributed by atoms with Crippen LogP contribution in [0.2, 0.25) is 0 Å². The normalized spacial score (nSPS) is 10.5. The highest BCUT2D eigenvalue weighted by Crippen LogP contribution is 2.17. The van der Waals surface area contributed by atoms with Crippen molar-refractivity contribution in [2.24, 2.45) is 0 Å². The number of carbonyl (C=O) groups excluding carboxylic acids is 1. The first-order valence-corrected chi connectivity index (χ1v) is 7.26. The van der Waals surface area contributed by atoms with Crippen LogP contribution in [-0.2, 0) is 11.3 Å². The van der Waals surface area contributed by atoms with Gasteiger partial charge in [0, 0.05) is 30.9 Å². The Bertz CT molecular complexity index is 675. The zero-order valence-corrected chi connectivity index (χ0v) is 12.8. The van der Waals surface area contributed by atoms with E-state index in [4.69, 9.17) is 4.74 Å². The Kier molecular flexibility index (Phi) is 5.36. The van der Waals surface area contributed by atoms with Gasteiger partial charge in [0.25, 0.3) is 5.56 Å². The van der Waals surface area contributed by atoms with Crippen molar-refractivity contribution in [3.05, 3.63) is 59.0 Å². The number of amides is 1. The van der Waals surface area contributed by atoms with Gasteiger partial charge in [-0.3, -0.25) is 9.59 Å². The van der Waals surface area contributed by atoms with Gasteiger partial charge in [-0.2, -0.15) is 0 Å². The number of aryl methyl sites for hydroxylation is 1. The summed E-state index contributed by atoms with van der Waals surface area (Å²) in [7, 11) is 0. The minimum atomic E-state index is -0.131. The molecule has 5 heteroatoms. The van der Waals surface area contributed by atoms with Crippen LogP contribution in [0.1, 0.15) is 20.3 Å². The van der Waals surface area contributed by atoms with Gasteiger partial charge < -0.3 is 14.6 Å². The van der Waals surface area contributed by atoms with Crippen LogP contribution in [0.3, 0.4) is 0 Å². The van der Waals surface area contributed by atoms with Crippen LogP contribution in [0.4, 0.5) is 5.69 Å². The van der Waals surface area contributed by atoms with E-state index in [0.717, 1.165) is 5.75 Å². The monoisotopic (exact) mass is 300 g/mol. The number of aromatic nitrogens is 1. The highest BCUT2D eigenvalue weighted by Gasteiger charge is 2.04. The maximum absolute atomic E-state index is 11.9. The van der Waals surface area contributed by atoms with Crippen LogP contribution in [0.25, 0.3) is 0 Å². The zero-order chi connectivity index (χ0) is 15.9. The summed E-state index contributed by atoms with van der Waals surface area (Å²) < 4.78 is 7.05. The Balaban J connectivity index is 1.87. The summed E-state index contributed by atoms with van der Waals surface area (Å²) in [6, 6.07) is 12.2. The van der Waals surface area contributed by atoms with Crippen molar-refractivity contribution in [2.75, 3.05) is 5.32 Å². The third-order valence-corrected chi connectivity index (χ3v) is 2.99. The van der Waals surface area contributed by atoms with Gasteiger partial charge in [0.2, 0.25) is 5.91 Å². The van der Waals surface area contributed by atoms with E-state index >= 15 is 0 Å². The van der Waals surface area contributed by atoms with E-state index in [-0.39, 0.29) is 24.0 Å². The first-order chi connectivity index (χ1) is 10.5. The van der Waals surface area contributed by atoms with Gasteiger partial charge in [-0.15, -0.1) is 0 Å². The fourth-order valence-corrected chi connectivity index (χ4v) is 1.98. The molecule has 1 N–H and O–H groups in total. The molecule has 5 nitrogen and oxygen atoms in total. The van der Waals surface area contributed by atoms with Crippen LogP contribution in [0.5, 0.6) is 5.75 Å². The van der Waals surface area contributed by atoms with Gasteiger partial charge in [0.1, 0.15) is 5.75 Å². The first-order valence-electron chi connectivity index (χ1n) is 7.26. The molecule has 0 fully saturated rings. The van der Waals surface area contributed by atoms with Crippen molar-refractivity contribution in [1.29, 1.82) is 0 Å². The van der Waals surface area contributed by atoms with Crippen molar-refractivity contribution in [1.82, 2.24) is 4.57 Å². The fourth-order valence-electron chi connectivity index (χ4n) is 1.98. The molecule has 0 aliphatic rings. The van der Waals surface area contributed by atoms with Crippen LogP contribution in [0.15, 0.2) is 53.5 Å². The Morgan fingerprint density at radius 1 is 1.18 bits per heavy atom. The molecule has 0 saturated carbocycles. The molecule has 22 heavy (non-hydrogen) atoms. The molecule has 0 unspecified atom stereocenters. The van der Waals surface area contributed by atoms with Crippen molar-refractivity contribution in [3.8, 4) is 5.75 Å². The number of hydrogen-bond acceptors (Lipinski definition) is 3. The Morgan fingerprint density at radius 2 is 1.91 bits per heavy atom. The Labute approximate surface area is 129 Å². The lowest BCUT2D eigenvalue weighted by atomic mass is 10.3. The second kappa shape index (κ2) is 7.45. The van der Waals surface area contributed by atoms with E-state index in [2.05, 4.69) is 5.32 Å². The van der Waals surface area contributed by atoms with E-state index in [1.165, 1.54) is 10.6 Å². The van der Waals surface area contributed by atoms with Crippen molar-refractivity contribution in [2.45, 2.75) is 32.9 Å². The van der Waals surface area contributed by atoms with E-state index in [1.54, 1.807) is 30.5 Å². The topological polar surface area (TPSA) is 60.3 Å². The number of ether oxygens (including phenoxy) is 1. The summed E-state index contributed by atoms with van der Waals surface area (Å²) in [6.45, 7) is 4.28. The summed E-state index contributed by atoms with van der Waals surface area (Å²) in [4.78, 5) is 23.4. The van der Waals surface area contributed by atoms with Crippen LogP contribution < -0.4 is 15.6 Å². The molecule has 2 aromatic rings. The second-order valence-corrected chi connectivity index (χ2v) is 5.22. The lowest BCUT2D eigenvalue weighted by molar-refractivity contribution is -0.116. The molecule has 0 aliphatic heterocycles. The minimum Gasteiger partial charge on any atom is -0.491 e. The maximum atomic E-state index is 11.9. The average Bonchev–Trinajstić information content (AvgIpc) is 2.48. The van der Waals surface area contributed by atoms with Crippen molar-refractivity contribution in [3.63, 3.8) is 0 Å². The maximum Gasteiger partial charge on any atom is 0.250 e. The average molecular weight is 300 g/mol. The molecule has 0 aliphatic carbocycles. The predicted molar refractivity (Wildman–Crippen MR) is 86.2 cm³/mol. The number of rotatable bonds is 6. The van der Waals surface area contributed by atoms with Gasteiger partial charge in [-0.1, -0.05) is 6.07 Å². The van der Waals surface area contributed by atoms with Crippen LogP contribution in [-0.4, -0.2) is 16.6 Å². The highest BCUT2D eigenvalue weighted by atomic mass is 16.5. The van der Waals surface area contributed by atoms with Gasteiger partial charge in [0.05, 0.1) is 6.10 Å². The highest BCUT2D eigenvalue weighted by molar-refractivity contribution is 5.90. The number of anilines is 1. The summed E-state index contributed by atoms with van der Waals surface area (Å²) in [5, 5.41) is 2.80. The third-order valence-electron chi connectivity index (χ3n) is 2.99. The molecule has 0 radical (unpaired) electrons. The van der Waals surface area contributed by atoms with Crippen LogP contribution >= 0.6 is 0 Å². The van der Waals surface area contributed by atoms with E-state index in [0.29, 0.717) is 12.2 Å². The second-order valence-electron chi connectivity index (χ2n) is 5.22. The third kappa shape index (κ3) is 4.77. The van der Waals surface area contributed by atoms with Gasteiger partial charge in [0.15, 0.2) is 0 Å². The lowest BCUT2D eigenvalue weighted by Crippen LogP contribution is -2.21. The van der Waals surface area contributed by atoms with E-state index in [9.17, 15) is 9.59 Å². The minimum absolute atomic E-state index is 0.106. The van der Waals surface area contributed by atoms with Crippen LogP contribution in [0, 0.1) is 0 Å². The van der Waals surface area contributed by atoms with Crippen molar-refractivity contribution >= 4 is 11.6 Å². The zero-order valence-electron chi connectivity index (χ0n) is 12.8. The molecule has 116 valence electrons. The number of benzene rings is 1. The molecular weight excluding hydrogens is 280 g/mol. The number of carbonyl (C=O) groups is 1. The fraction of sp³-hybridized carbons (Fsp3) is 0.294. The lowest BCUT2D eigenvalue weighted by Gasteiger charge is -2.11. The summed E-state index contributed by atoms with van der Waals surface area (Å²) in [6.07, 6.45) is 2.03. The van der Waals surface area contributed by atoms with Gasteiger partial charge in [-0.25, -0.2) is 0 Å². The molecule has 1 aromatic heterocycles. The molecule has 0 saturated heterocycles. The first kappa shape index (κ1) is 15.8. The standard InChI is InChI=1S/C17H20N2O3/c1-13(2)22-15-8-6-14(7-9-15)18-16(20)10-12-19-11-4-3-5-17(19)21/h3-9,11,13H,10,12H2,1-2H3,(H,18,20). The largest absolute Gasteiger partial charge is 0.491 e. The molecule has 0 spiro atoms. The number of nitrogens with one attached hydrogen (secondary N) is 1. The molecule has 1 heterocycles. The van der Waals surface area contributed by atoms with E-state index in [1.807, 2.05) is 26.0 Å². The van der Waals surface area contributed by atoms with E-state index < -0.39 is 0 Å². The van der Waals surface area contributed by atoms with Gasteiger partial charge >= 0.3 is 0 Å². The molecule has 1 amide bonds. The molecule has 0 bridgehead atoms. The Hall–Kier alpha value is -2.56. The summed E-state index contributed by atoms with van der Waals surface area (Å²) in [5.74, 6) is 0.636. The number of nitrogens with zero attached hydrogens (tertiary/aromatic N) is 1.